The van der Waals surface area contributed by atoms with Gasteiger partial charge in [-0.2, -0.15) is 4.98 Å². The summed E-state index contributed by atoms with van der Waals surface area (Å²) in [5, 5.41) is 3.82. The molecule has 2 amide bonds. The van der Waals surface area contributed by atoms with Crippen molar-refractivity contribution >= 4 is 11.8 Å². The van der Waals surface area contributed by atoms with Crippen LogP contribution in [0.2, 0.25) is 0 Å². The lowest BCUT2D eigenvalue weighted by atomic mass is 9.96. The van der Waals surface area contributed by atoms with Crippen molar-refractivity contribution in [2.24, 2.45) is 5.92 Å². The van der Waals surface area contributed by atoms with Crippen LogP contribution in [0.1, 0.15) is 37.9 Å². The Hall–Kier alpha value is -1.96. The van der Waals surface area contributed by atoms with E-state index in [1.807, 2.05) is 18.7 Å². The molecule has 0 aliphatic carbocycles. The highest BCUT2D eigenvalue weighted by Gasteiger charge is 2.32. The van der Waals surface area contributed by atoms with Gasteiger partial charge in [0.15, 0.2) is 5.82 Å². The molecule has 0 aromatic carbocycles. The maximum absolute atomic E-state index is 12.9. The number of hydrogen-bond acceptors (Lipinski definition) is 6. The van der Waals surface area contributed by atoms with E-state index in [0.717, 1.165) is 26.1 Å². The van der Waals surface area contributed by atoms with Crippen LogP contribution in [0.15, 0.2) is 4.52 Å². The molecule has 0 saturated carbocycles. The quantitative estimate of drug-likeness (QED) is 0.795. The Balaban J connectivity index is 1.53. The van der Waals surface area contributed by atoms with Gasteiger partial charge >= 0.3 is 0 Å². The second kappa shape index (κ2) is 7.95. The fourth-order valence-corrected chi connectivity index (χ4v) is 3.63. The zero-order chi connectivity index (χ0) is 17.8. The van der Waals surface area contributed by atoms with E-state index in [2.05, 4.69) is 15.0 Å². The summed E-state index contributed by atoms with van der Waals surface area (Å²) in [5.41, 5.74) is 0. The number of aromatic nitrogens is 2. The van der Waals surface area contributed by atoms with Crippen LogP contribution >= 0.6 is 0 Å². The molecule has 8 heteroatoms. The number of rotatable bonds is 4. The molecule has 25 heavy (non-hydrogen) atoms. The van der Waals surface area contributed by atoms with Crippen molar-refractivity contribution in [3.63, 3.8) is 0 Å². The molecule has 1 atom stereocenters. The average molecular weight is 349 g/mol. The first kappa shape index (κ1) is 17.8. The SMILES string of the molecule is CCN1CC(C(=O)N2CCCN(Cc3nc(C)no3)CC2)CCC1=O. The molecule has 2 saturated heterocycles. The molecule has 2 aliphatic heterocycles. The Morgan fingerprint density at radius 3 is 2.84 bits per heavy atom. The Morgan fingerprint density at radius 2 is 2.12 bits per heavy atom. The number of amides is 2. The third-order valence-corrected chi connectivity index (χ3v) is 5.06. The molecule has 0 spiro atoms. The number of hydrogen-bond donors (Lipinski definition) is 0. The van der Waals surface area contributed by atoms with E-state index in [1.165, 1.54) is 0 Å². The van der Waals surface area contributed by atoms with Gasteiger partial charge in [-0.1, -0.05) is 5.16 Å². The van der Waals surface area contributed by atoms with Crippen molar-refractivity contribution in [2.45, 2.75) is 39.7 Å². The van der Waals surface area contributed by atoms with E-state index in [4.69, 9.17) is 4.52 Å². The van der Waals surface area contributed by atoms with Crippen LogP contribution in [0.3, 0.4) is 0 Å². The van der Waals surface area contributed by atoms with Crippen molar-refractivity contribution in [1.29, 1.82) is 0 Å². The molecule has 8 nitrogen and oxygen atoms in total. The van der Waals surface area contributed by atoms with Crippen molar-refractivity contribution in [2.75, 3.05) is 39.3 Å². The summed E-state index contributed by atoms with van der Waals surface area (Å²) >= 11 is 0. The van der Waals surface area contributed by atoms with Gasteiger partial charge in [-0.05, 0) is 26.7 Å². The lowest BCUT2D eigenvalue weighted by Gasteiger charge is -2.34. The molecule has 1 aromatic rings. The Morgan fingerprint density at radius 1 is 1.28 bits per heavy atom. The minimum absolute atomic E-state index is 0.0530. The van der Waals surface area contributed by atoms with E-state index in [9.17, 15) is 9.59 Å². The van der Waals surface area contributed by atoms with Gasteiger partial charge < -0.3 is 14.3 Å². The Bertz CT molecular complexity index is 617. The van der Waals surface area contributed by atoms with Crippen LogP contribution in [0.5, 0.6) is 0 Å². The maximum Gasteiger partial charge on any atom is 0.240 e. The van der Waals surface area contributed by atoms with Gasteiger partial charge in [0.05, 0.1) is 12.5 Å². The molecule has 2 fully saturated rings. The minimum Gasteiger partial charge on any atom is -0.342 e. The number of aryl methyl sites for hydroxylation is 1. The smallest absolute Gasteiger partial charge is 0.240 e. The highest BCUT2D eigenvalue weighted by molar-refractivity contribution is 5.83. The average Bonchev–Trinajstić information content (AvgIpc) is 2.88. The van der Waals surface area contributed by atoms with E-state index in [1.54, 1.807) is 4.90 Å². The number of carbonyl (C=O) groups is 2. The number of nitrogens with zero attached hydrogens (tertiary/aromatic N) is 5. The van der Waals surface area contributed by atoms with Crippen molar-refractivity contribution in [3.05, 3.63) is 11.7 Å². The summed E-state index contributed by atoms with van der Waals surface area (Å²) in [7, 11) is 0. The normalized spacial score (nSPS) is 23.0. The number of carbonyl (C=O) groups excluding carboxylic acids is 2. The van der Waals surface area contributed by atoms with E-state index >= 15 is 0 Å². The van der Waals surface area contributed by atoms with Gasteiger partial charge in [0.1, 0.15) is 0 Å². The minimum atomic E-state index is -0.0530. The molecule has 0 N–H and O–H groups in total. The van der Waals surface area contributed by atoms with Crippen molar-refractivity contribution in [3.8, 4) is 0 Å². The third kappa shape index (κ3) is 4.36. The van der Waals surface area contributed by atoms with Gasteiger partial charge in [-0.25, -0.2) is 0 Å². The number of piperidine rings is 1. The molecule has 0 bridgehead atoms. The molecule has 3 rings (SSSR count). The molecule has 3 heterocycles. The predicted molar refractivity (Wildman–Crippen MR) is 90.5 cm³/mol. The predicted octanol–water partition coefficient (Wildman–Crippen LogP) is 0.671. The second-order valence-electron chi connectivity index (χ2n) is 6.86. The summed E-state index contributed by atoms with van der Waals surface area (Å²) in [5.74, 6) is 1.59. The summed E-state index contributed by atoms with van der Waals surface area (Å²) in [6, 6.07) is 0. The Labute approximate surface area is 148 Å². The summed E-state index contributed by atoms with van der Waals surface area (Å²) in [6.07, 6.45) is 2.10. The second-order valence-corrected chi connectivity index (χ2v) is 6.86. The first-order valence-corrected chi connectivity index (χ1v) is 9.15. The summed E-state index contributed by atoms with van der Waals surface area (Å²) < 4.78 is 5.19. The fraction of sp³-hybridized carbons (Fsp3) is 0.765. The molecule has 138 valence electrons. The maximum atomic E-state index is 12.9. The van der Waals surface area contributed by atoms with E-state index in [0.29, 0.717) is 50.7 Å². The van der Waals surface area contributed by atoms with Crippen LogP contribution < -0.4 is 0 Å². The Kier molecular flexibility index (Phi) is 5.67. The van der Waals surface area contributed by atoms with Gasteiger partial charge in [-0.15, -0.1) is 0 Å². The van der Waals surface area contributed by atoms with Crippen LogP contribution in [0.4, 0.5) is 0 Å². The highest BCUT2D eigenvalue weighted by atomic mass is 16.5. The van der Waals surface area contributed by atoms with Crippen LogP contribution in [0, 0.1) is 12.8 Å². The highest BCUT2D eigenvalue weighted by Crippen LogP contribution is 2.20. The molecule has 1 unspecified atom stereocenters. The molecule has 2 aliphatic rings. The monoisotopic (exact) mass is 349 g/mol. The fourth-order valence-electron chi connectivity index (χ4n) is 3.63. The first-order chi connectivity index (χ1) is 12.1. The number of likely N-dealkylation sites (tertiary alicyclic amines) is 1. The van der Waals surface area contributed by atoms with E-state index < -0.39 is 0 Å². The van der Waals surface area contributed by atoms with Crippen LogP contribution in [-0.2, 0) is 16.1 Å². The van der Waals surface area contributed by atoms with Crippen molar-refractivity contribution in [1.82, 2.24) is 24.8 Å². The summed E-state index contributed by atoms with van der Waals surface area (Å²) in [6.45, 7) is 8.85. The lowest BCUT2D eigenvalue weighted by Crippen LogP contribution is -2.47. The molecule has 0 radical (unpaired) electrons. The van der Waals surface area contributed by atoms with E-state index in [-0.39, 0.29) is 17.7 Å². The summed E-state index contributed by atoms with van der Waals surface area (Å²) in [4.78, 5) is 35.0. The van der Waals surface area contributed by atoms with Crippen LogP contribution in [-0.4, -0.2) is 75.9 Å². The first-order valence-electron chi connectivity index (χ1n) is 9.15. The third-order valence-electron chi connectivity index (χ3n) is 5.06. The molecular weight excluding hydrogens is 322 g/mol. The van der Waals surface area contributed by atoms with Gasteiger partial charge in [-0.3, -0.25) is 14.5 Å². The molecular formula is C17H27N5O3. The van der Waals surface area contributed by atoms with Gasteiger partial charge in [0.25, 0.3) is 0 Å². The standard InChI is InChI=1S/C17H27N5O3/c1-3-21-11-14(5-6-16(21)23)17(24)22-8-4-7-20(9-10-22)12-15-18-13(2)19-25-15/h14H,3-12H2,1-2H3. The molecule has 1 aromatic heterocycles. The zero-order valence-corrected chi connectivity index (χ0v) is 15.1. The van der Waals surface area contributed by atoms with Crippen molar-refractivity contribution < 1.29 is 14.1 Å². The van der Waals surface area contributed by atoms with Gasteiger partial charge in [0.2, 0.25) is 17.7 Å². The van der Waals surface area contributed by atoms with Crippen LogP contribution in [0.25, 0.3) is 0 Å². The zero-order valence-electron chi connectivity index (χ0n) is 15.1. The largest absolute Gasteiger partial charge is 0.342 e. The van der Waals surface area contributed by atoms with Gasteiger partial charge in [0, 0.05) is 45.7 Å². The lowest BCUT2D eigenvalue weighted by molar-refractivity contribution is -0.142. The topological polar surface area (TPSA) is 82.8 Å².